The van der Waals surface area contributed by atoms with E-state index in [-0.39, 0.29) is 5.97 Å². The third-order valence-electron chi connectivity index (χ3n) is 3.16. The van der Waals surface area contributed by atoms with Gasteiger partial charge < -0.3 is 9.47 Å². The van der Waals surface area contributed by atoms with Crippen LogP contribution in [-0.2, 0) is 9.53 Å². The van der Waals surface area contributed by atoms with Gasteiger partial charge in [0, 0.05) is 0 Å². The van der Waals surface area contributed by atoms with Crippen molar-refractivity contribution in [3.63, 3.8) is 0 Å². The first-order valence-electron chi connectivity index (χ1n) is 7.43. The number of esters is 1. The minimum Gasteiger partial charge on any atom is -0.478 e. The Morgan fingerprint density at radius 2 is 1.95 bits per heavy atom. The van der Waals surface area contributed by atoms with Crippen molar-refractivity contribution < 1.29 is 14.3 Å². The molecule has 1 aromatic rings. The standard InChI is InChI=1S/C17H26O3/c1-6-8-15(17(18)19-7-2)20-16-11-13(5)9-10-14(16)12(3)4/h9-12,15H,6-8H2,1-5H3. The van der Waals surface area contributed by atoms with Crippen LogP contribution in [-0.4, -0.2) is 18.7 Å². The van der Waals surface area contributed by atoms with Gasteiger partial charge in [-0.05, 0) is 43.4 Å². The molecule has 0 heterocycles. The maximum atomic E-state index is 12.0. The lowest BCUT2D eigenvalue weighted by atomic mass is 10.0. The van der Waals surface area contributed by atoms with E-state index in [1.807, 2.05) is 26.8 Å². The van der Waals surface area contributed by atoms with Gasteiger partial charge in [0.1, 0.15) is 5.75 Å². The number of hydrogen-bond donors (Lipinski definition) is 0. The first-order valence-corrected chi connectivity index (χ1v) is 7.43. The fourth-order valence-corrected chi connectivity index (χ4v) is 2.10. The number of carbonyl (C=O) groups excluding carboxylic acids is 1. The van der Waals surface area contributed by atoms with E-state index in [4.69, 9.17) is 9.47 Å². The third-order valence-corrected chi connectivity index (χ3v) is 3.16. The summed E-state index contributed by atoms with van der Waals surface area (Å²) in [6.07, 6.45) is 1.04. The van der Waals surface area contributed by atoms with Gasteiger partial charge in [0.2, 0.25) is 0 Å². The normalized spacial score (nSPS) is 12.3. The van der Waals surface area contributed by atoms with Gasteiger partial charge in [-0.3, -0.25) is 0 Å². The van der Waals surface area contributed by atoms with Crippen LogP contribution in [0.25, 0.3) is 0 Å². The summed E-state index contributed by atoms with van der Waals surface area (Å²) in [7, 11) is 0. The molecule has 1 aromatic carbocycles. The predicted molar refractivity (Wildman–Crippen MR) is 81.2 cm³/mol. The molecule has 0 saturated carbocycles. The second-order valence-electron chi connectivity index (χ2n) is 5.34. The van der Waals surface area contributed by atoms with Crippen LogP contribution < -0.4 is 4.74 Å². The van der Waals surface area contributed by atoms with Crippen LogP contribution in [0, 0.1) is 6.92 Å². The van der Waals surface area contributed by atoms with Crippen molar-refractivity contribution in [3.8, 4) is 5.75 Å². The molecule has 0 fully saturated rings. The molecular weight excluding hydrogens is 252 g/mol. The van der Waals surface area contributed by atoms with Crippen molar-refractivity contribution in [1.82, 2.24) is 0 Å². The van der Waals surface area contributed by atoms with Crippen molar-refractivity contribution in [1.29, 1.82) is 0 Å². The molecule has 0 saturated heterocycles. The monoisotopic (exact) mass is 278 g/mol. The minimum atomic E-state index is -0.515. The maximum Gasteiger partial charge on any atom is 0.347 e. The third kappa shape index (κ3) is 4.55. The van der Waals surface area contributed by atoms with Gasteiger partial charge in [0.25, 0.3) is 0 Å². The average Bonchev–Trinajstić information content (AvgIpc) is 2.38. The predicted octanol–water partition coefficient (Wildman–Crippen LogP) is 4.23. The average molecular weight is 278 g/mol. The Kier molecular flexibility index (Phi) is 6.56. The van der Waals surface area contributed by atoms with Crippen molar-refractivity contribution in [2.75, 3.05) is 6.61 Å². The number of rotatable bonds is 7. The molecule has 3 heteroatoms. The highest BCUT2D eigenvalue weighted by molar-refractivity contribution is 5.75. The molecule has 1 rings (SSSR count). The van der Waals surface area contributed by atoms with Crippen molar-refractivity contribution in [2.45, 2.75) is 59.5 Å². The van der Waals surface area contributed by atoms with Gasteiger partial charge >= 0.3 is 5.97 Å². The Balaban J connectivity index is 2.97. The molecule has 3 nitrogen and oxygen atoms in total. The molecule has 0 aromatic heterocycles. The highest BCUT2D eigenvalue weighted by Gasteiger charge is 2.22. The zero-order chi connectivity index (χ0) is 15.1. The summed E-state index contributed by atoms with van der Waals surface area (Å²) in [5.41, 5.74) is 2.25. The highest BCUT2D eigenvalue weighted by atomic mass is 16.6. The fourth-order valence-electron chi connectivity index (χ4n) is 2.10. The Hall–Kier alpha value is -1.51. The van der Waals surface area contributed by atoms with Crippen LogP contribution in [0.3, 0.4) is 0 Å². The van der Waals surface area contributed by atoms with Gasteiger partial charge in [-0.15, -0.1) is 0 Å². The Morgan fingerprint density at radius 1 is 1.25 bits per heavy atom. The maximum absolute atomic E-state index is 12.0. The second-order valence-corrected chi connectivity index (χ2v) is 5.34. The van der Waals surface area contributed by atoms with E-state index in [0.717, 1.165) is 23.3 Å². The van der Waals surface area contributed by atoms with E-state index < -0.39 is 6.10 Å². The van der Waals surface area contributed by atoms with Gasteiger partial charge in [0.15, 0.2) is 6.10 Å². The molecule has 1 atom stereocenters. The van der Waals surface area contributed by atoms with Crippen LogP contribution in [0.1, 0.15) is 57.6 Å². The molecule has 0 bridgehead atoms. The first-order chi connectivity index (χ1) is 9.49. The van der Waals surface area contributed by atoms with Crippen LogP contribution in [0.5, 0.6) is 5.75 Å². The molecule has 0 amide bonds. The Labute approximate surface area is 122 Å². The molecule has 20 heavy (non-hydrogen) atoms. The minimum absolute atomic E-state index is 0.273. The lowest BCUT2D eigenvalue weighted by molar-refractivity contribution is -0.151. The summed E-state index contributed by atoms with van der Waals surface area (Å²) in [5, 5.41) is 0. The zero-order valence-electron chi connectivity index (χ0n) is 13.2. The lowest BCUT2D eigenvalue weighted by Gasteiger charge is -2.21. The van der Waals surface area contributed by atoms with Gasteiger partial charge in [-0.1, -0.05) is 39.3 Å². The van der Waals surface area contributed by atoms with E-state index >= 15 is 0 Å². The molecule has 0 aliphatic heterocycles. The summed E-state index contributed by atoms with van der Waals surface area (Å²) in [6, 6.07) is 6.14. The number of ether oxygens (including phenoxy) is 2. The smallest absolute Gasteiger partial charge is 0.347 e. The first kappa shape index (κ1) is 16.5. The second kappa shape index (κ2) is 7.93. The van der Waals surface area contributed by atoms with Gasteiger partial charge in [0.05, 0.1) is 6.61 Å². The number of carbonyl (C=O) groups is 1. The molecule has 1 unspecified atom stereocenters. The topological polar surface area (TPSA) is 35.5 Å². The SMILES string of the molecule is CCCC(Oc1cc(C)ccc1C(C)C)C(=O)OCC. The largest absolute Gasteiger partial charge is 0.478 e. The van der Waals surface area contributed by atoms with E-state index in [9.17, 15) is 4.79 Å². The van der Waals surface area contributed by atoms with Crippen LogP contribution >= 0.6 is 0 Å². The summed E-state index contributed by atoms with van der Waals surface area (Å²) >= 11 is 0. The summed E-state index contributed by atoms with van der Waals surface area (Å²) < 4.78 is 11.1. The van der Waals surface area contributed by atoms with E-state index in [2.05, 4.69) is 26.0 Å². The van der Waals surface area contributed by atoms with Crippen LogP contribution in [0.15, 0.2) is 18.2 Å². The molecule has 0 N–H and O–H groups in total. The van der Waals surface area contributed by atoms with E-state index in [0.29, 0.717) is 18.9 Å². The molecular formula is C17H26O3. The van der Waals surface area contributed by atoms with E-state index in [1.54, 1.807) is 0 Å². The molecule has 112 valence electrons. The zero-order valence-corrected chi connectivity index (χ0v) is 13.2. The fraction of sp³-hybridized carbons (Fsp3) is 0.588. The van der Waals surface area contributed by atoms with Crippen LogP contribution in [0.2, 0.25) is 0 Å². The van der Waals surface area contributed by atoms with Crippen LogP contribution in [0.4, 0.5) is 0 Å². The molecule has 0 aliphatic carbocycles. The molecule has 0 radical (unpaired) electrons. The number of benzene rings is 1. The molecule has 0 spiro atoms. The van der Waals surface area contributed by atoms with Crippen molar-refractivity contribution in [2.24, 2.45) is 0 Å². The Morgan fingerprint density at radius 3 is 2.50 bits per heavy atom. The lowest BCUT2D eigenvalue weighted by Crippen LogP contribution is -2.29. The Bertz CT molecular complexity index is 438. The number of hydrogen-bond acceptors (Lipinski definition) is 3. The van der Waals surface area contributed by atoms with Gasteiger partial charge in [-0.25, -0.2) is 4.79 Å². The quantitative estimate of drug-likeness (QED) is 0.700. The van der Waals surface area contributed by atoms with Gasteiger partial charge in [-0.2, -0.15) is 0 Å². The van der Waals surface area contributed by atoms with E-state index in [1.165, 1.54) is 0 Å². The highest BCUT2D eigenvalue weighted by Crippen LogP contribution is 2.29. The van der Waals surface area contributed by atoms with Crippen molar-refractivity contribution in [3.05, 3.63) is 29.3 Å². The summed E-state index contributed by atoms with van der Waals surface area (Å²) in [5.74, 6) is 0.882. The van der Waals surface area contributed by atoms with Crippen molar-refractivity contribution >= 4 is 5.97 Å². The summed E-state index contributed by atoms with van der Waals surface area (Å²) in [6.45, 7) is 10.5. The number of aryl methyl sites for hydroxylation is 1. The summed E-state index contributed by atoms with van der Waals surface area (Å²) in [4.78, 5) is 12.0. The molecule has 0 aliphatic rings.